The normalized spacial score (nSPS) is 11.8. The first kappa shape index (κ1) is 20.8. The Labute approximate surface area is 161 Å². The summed E-state index contributed by atoms with van der Waals surface area (Å²) in [5, 5.41) is 2.91. The lowest BCUT2D eigenvalue weighted by atomic mass is 10.1. The molecule has 2 aromatic rings. The Balaban J connectivity index is 2.19. The van der Waals surface area contributed by atoms with Crippen molar-refractivity contribution >= 4 is 5.91 Å². The van der Waals surface area contributed by atoms with Crippen LogP contribution in [0.25, 0.3) is 0 Å². The van der Waals surface area contributed by atoms with E-state index in [4.69, 9.17) is 14.2 Å². The molecule has 2 rings (SSSR count). The molecule has 0 bridgehead atoms. The Bertz CT molecular complexity index is 801. The molecule has 1 amide bonds. The van der Waals surface area contributed by atoms with Crippen molar-refractivity contribution in [3.05, 3.63) is 58.1 Å². The number of amides is 1. The number of nitrogens with one attached hydrogen (secondary N) is 1. The van der Waals surface area contributed by atoms with Crippen LogP contribution in [0.1, 0.15) is 39.5 Å². The molecule has 0 aromatic heterocycles. The molecule has 0 fully saturated rings. The Morgan fingerprint density at radius 3 is 2.48 bits per heavy atom. The highest BCUT2D eigenvalue weighted by Crippen LogP contribution is 2.26. The second-order valence-corrected chi connectivity index (χ2v) is 6.85. The van der Waals surface area contributed by atoms with Crippen LogP contribution in [0.3, 0.4) is 0 Å². The smallest absolute Gasteiger partial charge is 0.251 e. The summed E-state index contributed by atoms with van der Waals surface area (Å²) in [7, 11) is 3.22. The zero-order valence-corrected chi connectivity index (χ0v) is 17.0. The maximum absolute atomic E-state index is 12.5. The number of carbonyl (C=O) groups is 1. The second kappa shape index (κ2) is 9.42. The number of ether oxygens (including phenoxy) is 3. The van der Waals surface area contributed by atoms with Gasteiger partial charge in [0.2, 0.25) is 0 Å². The van der Waals surface area contributed by atoms with E-state index < -0.39 is 0 Å². The topological polar surface area (TPSA) is 56.8 Å². The summed E-state index contributed by atoms with van der Waals surface area (Å²) in [6.07, 6.45) is 0. The van der Waals surface area contributed by atoms with Crippen LogP contribution >= 0.6 is 0 Å². The molecule has 1 N–H and O–H groups in total. The van der Waals surface area contributed by atoms with Crippen molar-refractivity contribution < 1.29 is 19.0 Å². The molecule has 0 saturated heterocycles. The molecule has 0 spiro atoms. The van der Waals surface area contributed by atoms with Crippen LogP contribution in [-0.2, 0) is 11.3 Å². The van der Waals surface area contributed by atoms with Gasteiger partial charge in [0.05, 0.1) is 13.7 Å². The third-order valence-corrected chi connectivity index (χ3v) is 4.48. The molecular formula is C22H29NO4. The van der Waals surface area contributed by atoms with Gasteiger partial charge in [-0.1, -0.05) is 6.07 Å². The largest absolute Gasteiger partial charge is 0.496 e. The van der Waals surface area contributed by atoms with Gasteiger partial charge in [0.15, 0.2) is 0 Å². The van der Waals surface area contributed by atoms with Crippen LogP contribution in [0, 0.1) is 20.8 Å². The summed E-state index contributed by atoms with van der Waals surface area (Å²) in [6, 6.07) is 9.45. The van der Waals surface area contributed by atoms with Crippen molar-refractivity contribution in [2.75, 3.05) is 20.8 Å². The summed E-state index contributed by atoms with van der Waals surface area (Å²) in [6.45, 7) is 8.85. The summed E-state index contributed by atoms with van der Waals surface area (Å²) in [5.41, 5.74) is 4.84. The van der Waals surface area contributed by atoms with Gasteiger partial charge in [0.25, 0.3) is 5.91 Å². The number of benzene rings is 2. The Morgan fingerprint density at radius 1 is 1.07 bits per heavy atom. The van der Waals surface area contributed by atoms with E-state index in [0.717, 1.165) is 22.4 Å². The number of carbonyl (C=O) groups excluding carboxylic acids is 1. The minimum atomic E-state index is -0.147. The average Bonchev–Trinajstić information content (AvgIpc) is 2.63. The van der Waals surface area contributed by atoms with E-state index in [2.05, 4.69) is 18.3 Å². The van der Waals surface area contributed by atoms with Crippen molar-refractivity contribution in [2.45, 2.75) is 40.3 Å². The zero-order chi connectivity index (χ0) is 20.0. The highest BCUT2D eigenvalue weighted by molar-refractivity contribution is 5.94. The number of methoxy groups -OCH3 is 2. The van der Waals surface area contributed by atoms with Gasteiger partial charge in [0.1, 0.15) is 18.1 Å². The van der Waals surface area contributed by atoms with Gasteiger partial charge in [-0.05, 0) is 68.7 Å². The second-order valence-electron chi connectivity index (χ2n) is 6.85. The van der Waals surface area contributed by atoms with E-state index in [0.29, 0.717) is 24.5 Å². The van der Waals surface area contributed by atoms with E-state index in [1.54, 1.807) is 26.4 Å². The lowest BCUT2D eigenvalue weighted by Crippen LogP contribution is -2.35. The third-order valence-electron chi connectivity index (χ3n) is 4.48. The van der Waals surface area contributed by atoms with Gasteiger partial charge in [-0.2, -0.15) is 0 Å². The van der Waals surface area contributed by atoms with Crippen molar-refractivity contribution in [1.82, 2.24) is 5.32 Å². The van der Waals surface area contributed by atoms with E-state index in [1.165, 1.54) is 5.56 Å². The van der Waals surface area contributed by atoms with Crippen molar-refractivity contribution in [1.29, 1.82) is 0 Å². The highest BCUT2D eigenvalue weighted by Gasteiger charge is 2.14. The molecule has 5 heteroatoms. The van der Waals surface area contributed by atoms with Gasteiger partial charge >= 0.3 is 0 Å². The molecule has 0 aliphatic rings. The summed E-state index contributed by atoms with van der Waals surface area (Å²) < 4.78 is 16.5. The van der Waals surface area contributed by atoms with Gasteiger partial charge in [-0.15, -0.1) is 0 Å². The first-order valence-corrected chi connectivity index (χ1v) is 9.03. The number of hydrogen-bond donors (Lipinski definition) is 1. The third kappa shape index (κ3) is 5.47. The maximum atomic E-state index is 12.5. The number of rotatable bonds is 8. The average molecular weight is 371 g/mol. The van der Waals surface area contributed by atoms with E-state index >= 15 is 0 Å². The summed E-state index contributed by atoms with van der Waals surface area (Å²) >= 11 is 0. The van der Waals surface area contributed by atoms with Crippen LogP contribution in [0.4, 0.5) is 0 Å². The fourth-order valence-electron chi connectivity index (χ4n) is 2.94. The first-order valence-electron chi connectivity index (χ1n) is 9.03. The summed E-state index contributed by atoms with van der Waals surface area (Å²) in [5.74, 6) is 1.39. The maximum Gasteiger partial charge on any atom is 0.251 e. The van der Waals surface area contributed by atoms with E-state index in [9.17, 15) is 4.79 Å². The predicted molar refractivity (Wildman–Crippen MR) is 107 cm³/mol. The first-order chi connectivity index (χ1) is 12.8. The minimum absolute atomic E-state index is 0.0674. The molecule has 0 aliphatic carbocycles. The van der Waals surface area contributed by atoms with Crippen LogP contribution in [0.15, 0.2) is 30.3 Å². The highest BCUT2D eigenvalue weighted by atomic mass is 16.5. The SMILES string of the molecule is COC[C@@H](C)NC(=O)c1ccc(OC)c(COc2cc(C)cc(C)c2C)c1. The monoisotopic (exact) mass is 371 g/mol. The molecule has 146 valence electrons. The Hall–Kier alpha value is -2.53. The van der Waals surface area contributed by atoms with Crippen LogP contribution in [0.2, 0.25) is 0 Å². The van der Waals surface area contributed by atoms with Gasteiger partial charge in [0, 0.05) is 24.3 Å². The number of hydrogen-bond acceptors (Lipinski definition) is 4. The van der Waals surface area contributed by atoms with Crippen LogP contribution in [0.5, 0.6) is 11.5 Å². The lowest BCUT2D eigenvalue weighted by Gasteiger charge is -2.16. The Morgan fingerprint density at radius 2 is 1.81 bits per heavy atom. The fraction of sp³-hybridized carbons (Fsp3) is 0.409. The quantitative estimate of drug-likeness (QED) is 0.763. The van der Waals surface area contributed by atoms with Gasteiger partial charge in [-0.25, -0.2) is 0 Å². The van der Waals surface area contributed by atoms with Crippen LogP contribution in [-0.4, -0.2) is 32.8 Å². The Kier molecular flexibility index (Phi) is 7.25. The van der Waals surface area contributed by atoms with Gasteiger partial charge < -0.3 is 19.5 Å². The zero-order valence-electron chi connectivity index (χ0n) is 17.0. The number of aryl methyl sites for hydroxylation is 2. The van der Waals surface area contributed by atoms with Gasteiger partial charge in [-0.3, -0.25) is 4.79 Å². The molecule has 0 aliphatic heterocycles. The molecule has 27 heavy (non-hydrogen) atoms. The van der Waals surface area contributed by atoms with Crippen molar-refractivity contribution in [3.8, 4) is 11.5 Å². The molecular weight excluding hydrogens is 342 g/mol. The van der Waals surface area contributed by atoms with Crippen molar-refractivity contribution in [2.24, 2.45) is 0 Å². The summed E-state index contributed by atoms with van der Waals surface area (Å²) in [4.78, 5) is 12.5. The molecule has 0 unspecified atom stereocenters. The standard InChI is InChI=1S/C22H29NO4/c1-14-9-15(2)17(4)21(10-14)27-13-19-11-18(7-8-20(19)26-6)22(24)23-16(3)12-25-5/h7-11,16H,12-13H2,1-6H3,(H,23,24)/t16-/m1/s1. The molecule has 1 atom stereocenters. The van der Waals surface area contributed by atoms with Crippen LogP contribution < -0.4 is 14.8 Å². The molecule has 0 saturated carbocycles. The molecule has 0 radical (unpaired) electrons. The lowest BCUT2D eigenvalue weighted by molar-refractivity contribution is 0.0905. The van der Waals surface area contributed by atoms with E-state index in [1.807, 2.05) is 32.9 Å². The minimum Gasteiger partial charge on any atom is -0.496 e. The van der Waals surface area contributed by atoms with Crippen molar-refractivity contribution in [3.63, 3.8) is 0 Å². The molecule has 5 nitrogen and oxygen atoms in total. The fourth-order valence-corrected chi connectivity index (χ4v) is 2.94. The predicted octanol–water partition coefficient (Wildman–Crippen LogP) is 3.96. The molecule has 0 heterocycles. The molecule has 2 aromatic carbocycles. The van der Waals surface area contributed by atoms with E-state index in [-0.39, 0.29) is 11.9 Å².